The number of carbonyl (C=O) groups is 2. The lowest BCUT2D eigenvalue weighted by Gasteiger charge is -2.44. The van der Waals surface area contributed by atoms with Crippen molar-refractivity contribution < 1.29 is 14.3 Å². The van der Waals surface area contributed by atoms with Crippen molar-refractivity contribution in [1.29, 1.82) is 0 Å². The fraction of sp³-hybridized carbons (Fsp3) is 0.600. The van der Waals surface area contributed by atoms with Gasteiger partial charge in [-0.2, -0.15) is 0 Å². The fourth-order valence-corrected chi connectivity index (χ4v) is 2.68. The Morgan fingerprint density at radius 1 is 0.944 bits per heavy atom. The number of hydrogen-bond acceptors (Lipinski definition) is 3. The molecule has 18 heavy (non-hydrogen) atoms. The van der Waals surface area contributed by atoms with Crippen LogP contribution in [0.1, 0.15) is 41.5 Å². The molecule has 0 radical (unpaired) electrons. The van der Waals surface area contributed by atoms with Crippen LogP contribution >= 0.6 is 0 Å². The molecular weight excluding hydrogens is 228 g/mol. The molecule has 1 heterocycles. The van der Waals surface area contributed by atoms with Crippen molar-refractivity contribution in [1.82, 2.24) is 0 Å². The summed E-state index contributed by atoms with van der Waals surface area (Å²) in [6, 6.07) is 0. The Morgan fingerprint density at radius 2 is 1.50 bits per heavy atom. The Hall–Kier alpha value is -1.38. The Balaban J connectivity index is 2.66. The molecule has 0 unspecified atom stereocenters. The summed E-state index contributed by atoms with van der Waals surface area (Å²) in [5, 5.41) is 0. The summed E-state index contributed by atoms with van der Waals surface area (Å²) in [7, 11) is 0. The number of carbonyl (C=O) groups excluding carboxylic acids is 2. The van der Waals surface area contributed by atoms with E-state index in [1.807, 2.05) is 33.8 Å². The number of allylic oxidation sites excluding steroid dienone is 3. The highest BCUT2D eigenvalue weighted by Crippen LogP contribution is 2.47. The first-order valence-electron chi connectivity index (χ1n) is 6.23. The van der Waals surface area contributed by atoms with Crippen molar-refractivity contribution in [3.8, 4) is 0 Å². The third-order valence-corrected chi connectivity index (χ3v) is 3.78. The number of ether oxygens (including phenoxy) is 1. The fourth-order valence-electron chi connectivity index (χ4n) is 2.68. The summed E-state index contributed by atoms with van der Waals surface area (Å²) < 4.78 is 5.88. The van der Waals surface area contributed by atoms with E-state index in [0.29, 0.717) is 11.3 Å². The Kier molecular flexibility index (Phi) is 2.42. The van der Waals surface area contributed by atoms with Gasteiger partial charge in [-0.3, -0.25) is 9.59 Å². The van der Waals surface area contributed by atoms with Crippen LogP contribution in [0.4, 0.5) is 0 Å². The molecule has 0 saturated heterocycles. The van der Waals surface area contributed by atoms with Gasteiger partial charge in [0.1, 0.15) is 11.4 Å². The Labute approximate surface area is 108 Å². The zero-order valence-corrected chi connectivity index (χ0v) is 11.9. The van der Waals surface area contributed by atoms with Gasteiger partial charge in [-0.05, 0) is 53.7 Å². The molecule has 0 fully saturated rings. The molecule has 3 nitrogen and oxygen atoms in total. The third-order valence-electron chi connectivity index (χ3n) is 3.78. The van der Waals surface area contributed by atoms with Gasteiger partial charge in [0.25, 0.3) is 0 Å². The van der Waals surface area contributed by atoms with Crippen molar-refractivity contribution >= 4 is 11.6 Å². The maximum absolute atomic E-state index is 12.5. The summed E-state index contributed by atoms with van der Waals surface area (Å²) in [4.78, 5) is 24.9. The summed E-state index contributed by atoms with van der Waals surface area (Å²) in [6.45, 7) is 10.9. The van der Waals surface area contributed by atoms with Gasteiger partial charge < -0.3 is 4.74 Å². The van der Waals surface area contributed by atoms with Crippen molar-refractivity contribution in [2.45, 2.75) is 47.1 Å². The predicted molar refractivity (Wildman–Crippen MR) is 68.9 cm³/mol. The Bertz CT molecular complexity index is 502. The zero-order valence-electron chi connectivity index (χ0n) is 11.9. The van der Waals surface area contributed by atoms with Crippen LogP contribution in [0.2, 0.25) is 0 Å². The Morgan fingerprint density at radius 3 is 2.06 bits per heavy atom. The lowest BCUT2D eigenvalue weighted by molar-refractivity contribution is -0.146. The molecule has 0 spiro atoms. The van der Waals surface area contributed by atoms with Gasteiger partial charge in [-0.1, -0.05) is 0 Å². The zero-order chi connectivity index (χ0) is 13.9. The van der Waals surface area contributed by atoms with Crippen LogP contribution in [-0.2, 0) is 14.3 Å². The van der Waals surface area contributed by atoms with Crippen LogP contribution in [0.5, 0.6) is 0 Å². The average Bonchev–Trinajstić information content (AvgIpc) is 2.24. The first kappa shape index (κ1) is 13.1. The molecule has 0 aromatic carbocycles. The van der Waals surface area contributed by atoms with Gasteiger partial charge in [0.05, 0.1) is 16.4 Å². The van der Waals surface area contributed by atoms with E-state index in [9.17, 15) is 9.59 Å². The van der Waals surface area contributed by atoms with Gasteiger partial charge in [-0.25, -0.2) is 0 Å². The highest BCUT2D eigenvalue weighted by molar-refractivity contribution is 6.20. The highest BCUT2D eigenvalue weighted by atomic mass is 16.5. The van der Waals surface area contributed by atoms with Crippen molar-refractivity contribution in [3.63, 3.8) is 0 Å². The lowest BCUT2D eigenvalue weighted by atomic mass is 9.63. The SMILES string of the molecule is CC1(C)C=CC2=C(O1)C(C)(C)C(=O)C(C)(C)C2=O. The summed E-state index contributed by atoms with van der Waals surface area (Å²) >= 11 is 0. The maximum Gasteiger partial charge on any atom is 0.179 e. The van der Waals surface area contributed by atoms with E-state index >= 15 is 0 Å². The molecule has 2 rings (SSSR count). The smallest absolute Gasteiger partial charge is 0.179 e. The minimum Gasteiger partial charge on any atom is -0.486 e. The minimum atomic E-state index is -0.975. The number of ketones is 2. The quantitative estimate of drug-likeness (QED) is 0.619. The topological polar surface area (TPSA) is 43.4 Å². The highest BCUT2D eigenvalue weighted by Gasteiger charge is 2.54. The second-order valence-electron chi connectivity index (χ2n) is 6.69. The molecule has 3 heteroatoms. The molecule has 0 saturated carbocycles. The first-order valence-corrected chi connectivity index (χ1v) is 6.23. The summed E-state index contributed by atoms with van der Waals surface area (Å²) in [6.07, 6.45) is 3.67. The second-order valence-corrected chi connectivity index (χ2v) is 6.69. The molecule has 1 aliphatic carbocycles. The molecule has 0 aromatic heterocycles. The van der Waals surface area contributed by atoms with Gasteiger partial charge in [0.2, 0.25) is 0 Å². The molecule has 2 aliphatic rings. The summed E-state index contributed by atoms with van der Waals surface area (Å²) in [5.74, 6) is 0.294. The average molecular weight is 248 g/mol. The number of hydrogen-bond donors (Lipinski definition) is 0. The van der Waals surface area contributed by atoms with Crippen LogP contribution in [0.25, 0.3) is 0 Å². The van der Waals surface area contributed by atoms with E-state index in [-0.39, 0.29) is 11.6 Å². The molecule has 98 valence electrons. The molecule has 0 atom stereocenters. The molecule has 1 aliphatic heterocycles. The molecule has 0 bridgehead atoms. The van der Waals surface area contributed by atoms with E-state index in [0.717, 1.165) is 0 Å². The molecule has 0 N–H and O–H groups in total. The number of Topliss-reactive ketones (excluding diaryl/α,β-unsaturated/α-hetero) is 2. The van der Waals surface area contributed by atoms with Crippen LogP contribution < -0.4 is 0 Å². The maximum atomic E-state index is 12.5. The molecular formula is C15H20O3. The number of rotatable bonds is 0. The largest absolute Gasteiger partial charge is 0.486 e. The first-order chi connectivity index (χ1) is 8.00. The van der Waals surface area contributed by atoms with Crippen molar-refractivity contribution in [2.75, 3.05) is 0 Å². The normalized spacial score (nSPS) is 27.9. The van der Waals surface area contributed by atoms with E-state index in [2.05, 4.69) is 0 Å². The van der Waals surface area contributed by atoms with Gasteiger partial charge in [-0.15, -0.1) is 0 Å². The third kappa shape index (κ3) is 1.57. The monoisotopic (exact) mass is 248 g/mol. The van der Waals surface area contributed by atoms with Gasteiger partial charge >= 0.3 is 0 Å². The summed E-state index contributed by atoms with van der Waals surface area (Å²) in [5.41, 5.74) is -1.66. The molecule has 0 aromatic rings. The lowest BCUT2D eigenvalue weighted by Crippen LogP contribution is -2.50. The van der Waals surface area contributed by atoms with E-state index in [1.165, 1.54) is 0 Å². The van der Waals surface area contributed by atoms with Crippen LogP contribution in [0, 0.1) is 10.8 Å². The van der Waals surface area contributed by atoms with Gasteiger partial charge in [0.15, 0.2) is 11.6 Å². The second kappa shape index (κ2) is 3.34. The van der Waals surface area contributed by atoms with Crippen LogP contribution in [0.15, 0.2) is 23.5 Å². The van der Waals surface area contributed by atoms with Crippen molar-refractivity contribution in [2.24, 2.45) is 10.8 Å². The van der Waals surface area contributed by atoms with E-state index < -0.39 is 16.4 Å². The van der Waals surface area contributed by atoms with E-state index in [4.69, 9.17) is 4.74 Å². The minimum absolute atomic E-state index is 0.0788. The van der Waals surface area contributed by atoms with Gasteiger partial charge in [0, 0.05) is 0 Å². The van der Waals surface area contributed by atoms with E-state index in [1.54, 1.807) is 19.9 Å². The van der Waals surface area contributed by atoms with Crippen molar-refractivity contribution in [3.05, 3.63) is 23.5 Å². The van der Waals surface area contributed by atoms with Crippen LogP contribution in [0.3, 0.4) is 0 Å². The predicted octanol–water partition coefficient (Wildman–Crippen LogP) is 2.81. The standard InChI is InChI=1S/C15H20O3/c1-13(2)8-7-9-10(16)14(3,4)12(17)15(5,6)11(9)18-13/h7-8H,1-6H3. The van der Waals surface area contributed by atoms with Crippen LogP contribution in [-0.4, -0.2) is 17.2 Å². The molecule has 0 amide bonds.